The van der Waals surface area contributed by atoms with Crippen LogP contribution in [-0.4, -0.2) is 31.8 Å². The standard InChI is InChI=1S/C21H22N6OS2/c1-12-11-22-20(29-12)25-19-24-18(23-15-6-7-15)26-21(27-19)30-16-8-2-13(3-9-16)10-17(28)14-4-5-14/h2-3,8-9,11,14-15H,4-7,10H2,1H3,(H2,22,23,24,25,26,27). The van der Waals surface area contributed by atoms with Crippen molar-refractivity contribution in [2.75, 3.05) is 10.6 Å². The molecule has 9 heteroatoms. The van der Waals surface area contributed by atoms with Crippen molar-refractivity contribution in [2.24, 2.45) is 5.92 Å². The average molecular weight is 439 g/mol. The highest BCUT2D eigenvalue weighted by Gasteiger charge is 2.29. The van der Waals surface area contributed by atoms with Crippen molar-refractivity contribution in [1.82, 2.24) is 19.9 Å². The molecule has 2 aliphatic rings. The van der Waals surface area contributed by atoms with E-state index in [2.05, 4.69) is 30.6 Å². The van der Waals surface area contributed by atoms with Crippen LogP contribution in [0.4, 0.5) is 17.0 Å². The normalized spacial score (nSPS) is 15.8. The molecule has 2 aliphatic carbocycles. The van der Waals surface area contributed by atoms with Crippen molar-refractivity contribution in [2.45, 2.75) is 55.1 Å². The number of benzene rings is 1. The molecule has 2 N–H and O–H groups in total. The smallest absolute Gasteiger partial charge is 0.234 e. The highest BCUT2D eigenvalue weighted by atomic mass is 32.2. The number of rotatable bonds is 9. The van der Waals surface area contributed by atoms with Gasteiger partial charge in [-0.25, -0.2) is 4.98 Å². The number of Topliss-reactive ketones (excluding diaryl/α,β-unsaturated/α-hetero) is 1. The number of anilines is 3. The molecule has 0 bridgehead atoms. The van der Waals surface area contributed by atoms with Gasteiger partial charge in [0, 0.05) is 34.4 Å². The van der Waals surface area contributed by atoms with Crippen LogP contribution in [-0.2, 0) is 11.2 Å². The molecule has 7 nitrogen and oxygen atoms in total. The lowest BCUT2D eigenvalue weighted by Crippen LogP contribution is -2.09. The largest absolute Gasteiger partial charge is 0.351 e. The number of nitrogens with one attached hydrogen (secondary N) is 2. The van der Waals surface area contributed by atoms with Crippen molar-refractivity contribution in [1.29, 1.82) is 0 Å². The minimum absolute atomic E-state index is 0.300. The van der Waals surface area contributed by atoms with E-state index in [-0.39, 0.29) is 0 Å². The molecule has 30 heavy (non-hydrogen) atoms. The van der Waals surface area contributed by atoms with Crippen LogP contribution in [0.25, 0.3) is 0 Å². The Labute approximate surface area is 183 Å². The van der Waals surface area contributed by atoms with Crippen LogP contribution in [0.1, 0.15) is 36.1 Å². The highest BCUT2D eigenvalue weighted by molar-refractivity contribution is 7.99. The summed E-state index contributed by atoms with van der Waals surface area (Å²) < 4.78 is 0. The van der Waals surface area contributed by atoms with Crippen molar-refractivity contribution >= 4 is 45.9 Å². The first-order chi connectivity index (χ1) is 14.6. The molecule has 0 unspecified atom stereocenters. The molecule has 0 atom stereocenters. The molecule has 0 saturated heterocycles. The van der Waals surface area contributed by atoms with Gasteiger partial charge in [-0.1, -0.05) is 12.1 Å². The fourth-order valence-corrected chi connectivity index (χ4v) is 4.38. The Morgan fingerprint density at radius 2 is 1.87 bits per heavy atom. The molecule has 0 radical (unpaired) electrons. The molecule has 2 heterocycles. The van der Waals surface area contributed by atoms with Crippen molar-refractivity contribution < 1.29 is 4.79 Å². The van der Waals surface area contributed by atoms with E-state index in [1.165, 1.54) is 11.8 Å². The van der Waals surface area contributed by atoms with E-state index in [0.717, 1.165) is 46.2 Å². The first-order valence-corrected chi connectivity index (χ1v) is 11.8. The second kappa shape index (κ2) is 8.31. The molecule has 154 valence electrons. The number of ketones is 1. The zero-order chi connectivity index (χ0) is 20.5. The predicted octanol–water partition coefficient (Wildman–Crippen LogP) is 4.63. The molecule has 2 fully saturated rings. The van der Waals surface area contributed by atoms with Crippen molar-refractivity contribution in [3.05, 3.63) is 40.9 Å². The zero-order valence-electron chi connectivity index (χ0n) is 16.6. The van der Waals surface area contributed by atoms with Crippen LogP contribution in [0.5, 0.6) is 0 Å². The SMILES string of the molecule is Cc1cnc(Nc2nc(NC3CC3)nc(Sc3ccc(CC(=O)C4CC4)cc3)n2)s1. The van der Waals surface area contributed by atoms with Crippen molar-refractivity contribution in [3.8, 4) is 0 Å². The highest BCUT2D eigenvalue weighted by Crippen LogP contribution is 2.32. The number of nitrogens with zero attached hydrogens (tertiary/aromatic N) is 4. The van der Waals surface area contributed by atoms with Crippen LogP contribution < -0.4 is 10.6 Å². The van der Waals surface area contributed by atoms with Gasteiger partial charge in [0.1, 0.15) is 5.78 Å². The maximum Gasteiger partial charge on any atom is 0.234 e. The summed E-state index contributed by atoms with van der Waals surface area (Å²) in [4.78, 5) is 32.1. The van der Waals surface area contributed by atoms with Crippen LogP contribution >= 0.6 is 23.1 Å². The third kappa shape index (κ3) is 5.14. The zero-order valence-corrected chi connectivity index (χ0v) is 18.2. The van der Waals surface area contributed by atoms with Crippen LogP contribution in [0.3, 0.4) is 0 Å². The number of aryl methyl sites for hydroxylation is 1. The Morgan fingerprint density at radius 3 is 2.53 bits per heavy atom. The van der Waals surface area contributed by atoms with E-state index in [1.807, 2.05) is 37.4 Å². The van der Waals surface area contributed by atoms with E-state index in [1.54, 1.807) is 11.3 Å². The molecule has 5 rings (SSSR count). The van der Waals surface area contributed by atoms with Gasteiger partial charge >= 0.3 is 0 Å². The number of carbonyl (C=O) groups excluding carboxylic acids is 1. The number of hydrogen-bond donors (Lipinski definition) is 2. The molecule has 0 aliphatic heterocycles. The van der Waals surface area contributed by atoms with E-state index >= 15 is 0 Å². The molecule has 0 spiro atoms. The van der Waals surface area contributed by atoms with Gasteiger partial charge < -0.3 is 5.32 Å². The summed E-state index contributed by atoms with van der Waals surface area (Å²) in [5.41, 5.74) is 1.06. The number of hydrogen-bond acceptors (Lipinski definition) is 9. The Hall–Kier alpha value is -2.52. The van der Waals surface area contributed by atoms with Gasteiger partial charge in [-0.15, -0.1) is 11.3 Å². The van der Waals surface area contributed by atoms with Gasteiger partial charge in [-0.3, -0.25) is 10.1 Å². The summed E-state index contributed by atoms with van der Waals surface area (Å²) in [6.07, 6.45) is 6.74. The third-order valence-corrected chi connectivity index (χ3v) is 6.61. The summed E-state index contributed by atoms with van der Waals surface area (Å²) in [6, 6.07) is 8.53. The quantitative estimate of drug-likeness (QED) is 0.500. The van der Waals surface area contributed by atoms with E-state index in [0.29, 0.717) is 41.2 Å². The van der Waals surface area contributed by atoms with E-state index in [9.17, 15) is 4.79 Å². The Balaban J connectivity index is 1.31. The minimum atomic E-state index is 0.300. The Morgan fingerprint density at radius 1 is 1.10 bits per heavy atom. The summed E-state index contributed by atoms with van der Waals surface area (Å²) >= 11 is 3.04. The lowest BCUT2D eigenvalue weighted by atomic mass is 10.1. The summed E-state index contributed by atoms with van der Waals surface area (Å²) in [7, 11) is 0. The molecule has 0 amide bonds. The van der Waals surface area contributed by atoms with Gasteiger partial charge in [0.2, 0.25) is 11.9 Å². The maximum atomic E-state index is 12.0. The van der Waals surface area contributed by atoms with Gasteiger partial charge in [-0.2, -0.15) is 15.0 Å². The van der Waals surface area contributed by atoms with Crippen molar-refractivity contribution in [3.63, 3.8) is 0 Å². The predicted molar refractivity (Wildman–Crippen MR) is 119 cm³/mol. The summed E-state index contributed by atoms with van der Waals surface area (Å²) in [6.45, 7) is 2.01. The lowest BCUT2D eigenvalue weighted by Gasteiger charge is -2.09. The molecule has 2 aromatic heterocycles. The van der Waals surface area contributed by atoms with Crippen LogP contribution in [0.15, 0.2) is 40.5 Å². The molecule has 2 saturated carbocycles. The first kappa shape index (κ1) is 19.4. The number of aromatic nitrogens is 4. The lowest BCUT2D eigenvalue weighted by molar-refractivity contribution is -0.119. The summed E-state index contributed by atoms with van der Waals surface area (Å²) in [5, 5.41) is 7.91. The topological polar surface area (TPSA) is 92.7 Å². The monoisotopic (exact) mass is 438 g/mol. The molecular formula is C21H22N6OS2. The Bertz CT molecular complexity index is 1060. The molecule has 3 aromatic rings. The van der Waals surface area contributed by atoms with Gasteiger partial charge in [0.15, 0.2) is 10.3 Å². The van der Waals surface area contributed by atoms with E-state index < -0.39 is 0 Å². The number of thiazole rings is 1. The van der Waals surface area contributed by atoms with Gasteiger partial charge in [0.25, 0.3) is 0 Å². The van der Waals surface area contributed by atoms with Crippen LogP contribution in [0.2, 0.25) is 0 Å². The van der Waals surface area contributed by atoms with Gasteiger partial charge in [0.05, 0.1) is 0 Å². The van der Waals surface area contributed by atoms with Gasteiger partial charge in [-0.05, 0) is 62.1 Å². The fourth-order valence-electron chi connectivity index (χ4n) is 2.97. The van der Waals surface area contributed by atoms with Crippen LogP contribution in [0, 0.1) is 12.8 Å². The third-order valence-electron chi connectivity index (χ3n) is 4.91. The van der Waals surface area contributed by atoms with E-state index in [4.69, 9.17) is 0 Å². The molecular weight excluding hydrogens is 416 g/mol. The Kier molecular flexibility index (Phi) is 5.39. The average Bonchev–Trinajstić information content (AvgIpc) is 3.63. The molecule has 1 aromatic carbocycles. The second-order valence-corrected chi connectivity index (χ2v) is 10.0. The minimum Gasteiger partial charge on any atom is -0.351 e. The second-order valence-electron chi connectivity index (χ2n) is 7.75. The summed E-state index contributed by atoms with van der Waals surface area (Å²) in [5.74, 6) is 1.72. The maximum absolute atomic E-state index is 12.0. The fraction of sp³-hybridized carbons (Fsp3) is 0.381. The number of carbonyl (C=O) groups is 1. The first-order valence-electron chi connectivity index (χ1n) is 10.1.